The van der Waals surface area contributed by atoms with Gasteiger partial charge in [0.05, 0.1) is 5.41 Å². The summed E-state index contributed by atoms with van der Waals surface area (Å²) in [6.45, 7) is 6.78. The van der Waals surface area contributed by atoms with Crippen LogP contribution in [0.3, 0.4) is 0 Å². The van der Waals surface area contributed by atoms with Crippen molar-refractivity contribution in [3.63, 3.8) is 0 Å². The standard InChI is InChI=1S/C26H42O5/c1-25(2,3)14-10-6-4-8-12-19-18-21(27)23(29)22(28)20(19)13-9-5-7-11-15-26(16-17-26)24(30)31/h18,27-29H,4-17H2,1-3H3,(H,30,31). The fourth-order valence-electron chi connectivity index (χ4n) is 4.40. The zero-order chi connectivity index (χ0) is 23.1. The average Bonchev–Trinajstić information content (AvgIpc) is 3.47. The number of hydrogen-bond acceptors (Lipinski definition) is 4. The van der Waals surface area contributed by atoms with Crippen molar-refractivity contribution in [1.29, 1.82) is 0 Å². The topological polar surface area (TPSA) is 98.0 Å². The summed E-state index contributed by atoms with van der Waals surface area (Å²) in [4.78, 5) is 11.2. The van der Waals surface area contributed by atoms with Crippen LogP contribution < -0.4 is 0 Å². The number of carboxylic acid groups (broad SMARTS) is 1. The summed E-state index contributed by atoms with van der Waals surface area (Å²) >= 11 is 0. The average molecular weight is 435 g/mol. The zero-order valence-corrected chi connectivity index (χ0v) is 19.7. The van der Waals surface area contributed by atoms with E-state index in [9.17, 15) is 25.2 Å². The molecule has 176 valence electrons. The summed E-state index contributed by atoms with van der Waals surface area (Å²) in [5, 5.41) is 39.5. The number of phenols is 3. The van der Waals surface area contributed by atoms with Crippen LogP contribution in [0.4, 0.5) is 0 Å². The number of benzene rings is 1. The number of aliphatic carboxylic acids is 1. The van der Waals surface area contributed by atoms with Crippen LogP contribution in [0.25, 0.3) is 0 Å². The molecule has 1 aromatic rings. The summed E-state index contributed by atoms with van der Waals surface area (Å²) in [5.41, 5.74) is 1.59. The summed E-state index contributed by atoms with van der Waals surface area (Å²) in [7, 11) is 0. The van der Waals surface area contributed by atoms with E-state index in [1.165, 1.54) is 19.3 Å². The largest absolute Gasteiger partial charge is 0.504 e. The highest BCUT2D eigenvalue weighted by atomic mass is 16.4. The molecular weight excluding hydrogens is 392 g/mol. The predicted molar refractivity (Wildman–Crippen MR) is 124 cm³/mol. The quantitative estimate of drug-likeness (QED) is 0.193. The van der Waals surface area contributed by atoms with E-state index < -0.39 is 17.1 Å². The molecule has 0 atom stereocenters. The van der Waals surface area contributed by atoms with Crippen LogP contribution in [0.15, 0.2) is 6.07 Å². The Morgan fingerprint density at radius 2 is 1.45 bits per heavy atom. The summed E-state index contributed by atoms with van der Waals surface area (Å²) < 4.78 is 0. The second-order valence-electron chi connectivity index (χ2n) is 10.7. The number of rotatable bonds is 14. The van der Waals surface area contributed by atoms with Crippen LogP contribution in [-0.4, -0.2) is 26.4 Å². The highest BCUT2D eigenvalue weighted by Crippen LogP contribution is 2.50. The van der Waals surface area contributed by atoms with Crippen molar-refractivity contribution in [3.05, 3.63) is 17.2 Å². The van der Waals surface area contributed by atoms with Gasteiger partial charge in [0.25, 0.3) is 0 Å². The molecule has 1 aliphatic rings. The minimum Gasteiger partial charge on any atom is -0.504 e. The maximum Gasteiger partial charge on any atom is 0.309 e. The van der Waals surface area contributed by atoms with Gasteiger partial charge >= 0.3 is 5.97 Å². The molecule has 4 N–H and O–H groups in total. The van der Waals surface area contributed by atoms with Gasteiger partial charge in [-0.2, -0.15) is 0 Å². The second kappa shape index (κ2) is 11.1. The Morgan fingerprint density at radius 1 is 0.871 bits per heavy atom. The molecule has 1 fully saturated rings. The van der Waals surface area contributed by atoms with Gasteiger partial charge in [-0.05, 0) is 68.4 Å². The molecule has 31 heavy (non-hydrogen) atoms. The van der Waals surface area contributed by atoms with E-state index in [0.29, 0.717) is 11.8 Å². The molecule has 0 bridgehead atoms. The van der Waals surface area contributed by atoms with E-state index in [-0.39, 0.29) is 11.5 Å². The molecule has 2 rings (SSSR count). The van der Waals surface area contributed by atoms with Gasteiger partial charge in [-0.3, -0.25) is 4.79 Å². The Balaban J connectivity index is 1.78. The molecule has 0 spiro atoms. The Labute approximate surface area is 187 Å². The number of phenolic OH excluding ortho intramolecular Hbond substituents is 3. The maximum atomic E-state index is 11.2. The Morgan fingerprint density at radius 3 is 2.03 bits per heavy atom. The molecule has 1 saturated carbocycles. The van der Waals surface area contributed by atoms with Crippen LogP contribution >= 0.6 is 0 Å². The third-order valence-electron chi connectivity index (χ3n) is 6.71. The Hall–Kier alpha value is -1.91. The minimum absolute atomic E-state index is 0.189. The van der Waals surface area contributed by atoms with E-state index in [1.807, 2.05) is 0 Å². The first-order valence-electron chi connectivity index (χ1n) is 12.0. The van der Waals surface area contributed by atoms with E-state index in [2.05, 4.69) is 20.8 Å². The number of aryl methyl sites for hydroxylation is 1. The Kier molecular flexibility index (Phi) is 9.08. The number of hydrogen-bond donors (Lipinski definition) is 4. The molecule has 0 saturated heterocycles. The molecular formula is C26H42O5. The van der Waals surface area contributed by atoms with Gasteiger partial charge in [0.1, 0.15) is 0 Å². The van der Waals surface area contributed by atoms with Gasteiger partial charge in [-0.15, -0.1) is 0 Å². The molecule has 0 unspecified atom stereocenters. The summed E-state index contributed by atoms with van der Waals surface area (Å²) in [6.07, 6.45) is 13.3. The van der Waals surface area contributed by atoms with Crippen molar-refractivity contribution in [2.24, 2.45) is 10.8 Å². The smallest absolute Gasteiger partial charge is 0.309 e. The first-order valence-corrected chi connectivity index (χ1v) is 12.0. The summed E-state index contributed by atoms with van der Waals surface area (Å²) in [6, 6.07) is 1.60. The van der Waals surface area contributed by atoms with Crippen molar-refractivity contribution >= 4 is 5.97 Å². The van der Waals surface area contributed by atoms with Gasteiger partial charge in [0, 0.05) is 5.56 Å². The number of carboxylic acids is 1. The molecule has 0 amide bonds. The van der Waals surface area contributed by atoms with Crippen molar-refractivity contribution in [1.82, 2.24) is 0 Å². The zero-order valence-electron chi connectivity index (χ0n) is 19.7. The third-order valence-corrected chi connectivity index (χ3v) is 6.71. The monoisotopic (exact) mass is 434 g/mol. The van der Waals surface area contributed by atoms with E-state index in [1.54, 1.807) is 6.07 Å². The number of unbranched alkanes of at least 4 members (excludes halogenated alkanes) is 6. The third kappa shape index (κ3) is 7.93. The molecule has 0 radical (unpaired) electrons. The van der Waals surface area contributed by atoms with Crippen LogP contribution in [0.2, 0.25) is 0 Å². The molecule has 1 aromatic carbocycles. The van der Waals surface area contributed by atoms with Crippen LogP contribution in [0.5, 0.6) is 17.2 Å². The number of aromatic hydroxyl groups is 3. The van der Waals surface area contributed by atoms with Gasteiger partial charge in [0.2, 0.25) is 5.75 Å². The van der Waals surface area contributed by atoms with E-state index in [0.717, 1.165) is 75.3 Å². The normalized spacial score (nSPS) is 15.2. The fourth-order valence-corrected chi connectivity index (χ4v) is 4.40. The highest BCUT2D eigenvalue weighted by Gasteiger charge is 2.49. The van der Waals surface area contributed by atoms with Gasteiger partial charge in [0.15, 0.2) is 11.5 Å². The first-order chi connectivity index (χ1) is 14.6. The van der Waals surface area contributed by atoms with Crippen molar-refractivity contribution in [2.75, 3.05) is 0 Å². The molecule has 0 aliphatic heterocycles. The van der Waals surface area contributed by atoms with Gasteiger partial charge in [-0.1, -0.05) is 59.3 Å². The molecule has 5 heteroatoms. The first kappa shape index (κ1) is 25.4. The van der Waals surface area contributed by atoms with E-state index >= 15 is 0 Å². The SMILES string of the molecule is CC(C)(C)CCCCCCc1cc(O)c(O)c(O)c1CCCCCCC1(C(=O)O)CC1. The van der Waals surface area contributed by atoms with Crippen LogP contribution in [0, 0.1) is 10.8 Å². The summed E-state index contributed by atoms with van der Waals surface area (Å²) in [5.74, 6) is -1.53. The molecule has 0 aromatic heterocycles. The van der Waals surface area contributed by atoms with Crippen molar-refractivity contribution in [2.45, 2.75) is 111 Å². The molecule has 1 aliphatic carbocycles. The molecule has 0 heterocycles. The lowest BCUT2D eigenvalue weighted by molar-refractivity contribution is -0.143. The van der Waals surface area contributed by atoms with Gasteiger partial charge in [-0.25, -0.2) is 0 Å². The molecule has 5 nitrogen and oxygen atoms in total. The Bertz CT molecular complexity index is 728. The lowest BCUT2D eigenvalue weighted by atomic mass is 9.89. The fraction of sp³-hybridized carbons (Fsp3) is 0.731. The van der Waals surface area contributed by atoms with Crippen LogP contribution in [0.1, 0.15) is 109 Å². The minimum atomic E-state index is -0.653. The lowest BCUT2D eigenvalue weighted by Gasteiger charge is -2.17. The van der Waals surface area contributed by atoms with E-state index in [4.69, 9.17) is 0 Å². The van der Waals surface area contributed by atoms with Crippen molar-refractivity contribution < 1.29 is 25.2 Å². The second-order valence-corrected chi connectivity index (χ2v) is 10.7. The van der Waals surface area contributed by atoms with Gasteiger partial charge < -0.3 is 20.4 Å². The van der Waals surface area contributed by atoms with Crippen molar-refractivity contribution in [3.8, 4) is 17.2 Å². The highest BCUT2D eigenvalue weighted by molar-refractivity contribution is 5.77. The van der Waals surface area contributed by atoms with Crippen LogP contribution in [-0.2, 0) is 17.6 Å². The lowest BCUT2D eigenvalue weighted by Crippen LogP contribution is -2.14. The predicted octanol–water partition coefficient (Wildman–Crippen LogP) is 6.70. The maximum absolute atomic E-state index is 11.2. The number of carbonyl (C=O) groups is 1.